The summed E-state index contributed by atoms with van der Waals surface area (Å²) in [7, 11) is 0. The fraction of sp³-hybridized carbons (Fsp3) is 0.133. The van der Waals surface area contributed by atoms with Gasteiger partial charge in [0.25, 0.3) is 5.91 Å². The molecular formula is C15H14ClFN2O. The molecule has 0 aliphatic heterocycles. The Hall–Kier alpha value is -2.07. The molecule has 0 heterocycles. The van der Waals surface area contributed by atoms with E-state index in [0.717, 1.165) is 11.1 Å². The Morgan fingerprint density at radius 2 is 1.90 bits per heavy atom. The first-order chi connectivity index (χ1) is 9.38. The lowest BCUT2D eigenvalue weighted by atomic mass is 10.1. The molecule has 20 heavy (non-hydrogen) atoms. The molecule has 0 saturated carbocycles. The SMILES string of the molecule is Cc1cc(NC(=O)c2cc(Cl)ccc2F)c(C)cc1N. The third-order valence-electron chi connectivity index (χ3n) is 3.03. The average molecular weight is 293 g/mol. The number of aryl methyl sites for hydroxylation is 2. The Morgan fingerprint density at radius 1 is 1.20 bits per heavy atom. The number of carbonyl (C=O) groups excluding carboxylic acids is 1. The van der Waals surface area contributed by atoms with Crippen LogP contribution in [0.4, 0.5) is 15.8 Å². The van der Waals surface area contributed by atoms with Gasteiger partial charge in [0.15, 0.2) is 0 Å². The molecule has 0 aromatic heterocycles. The van der Waals surface area contributed by atoms with Gasteiger partial charge in [0.05, 0.1) is 5.56 Å². The highest BCUT2D eigenvalue weighted by molar-refractivity contribution is 6.31. The molecule has 2 aromatic carbocycles. The van der Waals surface area contributed by atoms with Crippen LogP contribution in [-0.2, 0) is 0 Å². The van der Waals surface area contributed by atoms with Crippen molar-refractivity contribution in [2.75, 3.05) is 11.1 Å². The molecule has 0 bridgehead atoms. The fourth-order valence-corrected chi connectivity index (χ4v) is 2.01. The molecule has 0 radical (unpaired) electrons. The van der Waals surface area contributed by atoms with Crippen LogP contribution in [0.1, 0.15) is 21.5 Å². The van der Waals surface area contributed by atoms with Crippen LogP contribution in [0.5, 0.6) is 0 Å². The first-order valence-electron chi connectivity index (χ1n) is 6.01. The monoisotopic (exact) mass is 292 g/mol. The molecule has 0 fully saturated rings. The van der Waals surface area contributed by atoms with Crippen LogP contribution in [0.25, 0.3) is 0 Å². The van der Waals surface area contributed by atoms with Crippen LogP contribution >= 0.6 is 11.6 Å². The van der Waals surface area contributed by atoms with Crippen molar-refractivity contribution in [2.24, 2.45) is 0 Å². The van der Waals surface area contributed by atoms with Gasteiger partial charge in [-0.25, -0.2) is 4.39 Å². The van der Waals surface area contributed by atoms with E-state index in [0.29, 0.717) is 16.4 Å². The Bertz CT molecular complexity index is 686. The Morgan fingerprint density at radius 3 is 2.60 bits per heavy atom. The molecule has 0 aliphatic rings. The minimum absolute atomic E-state index is 0.0913. The number of hydrogen-bond acceptors (Lipinski definition) is 2. The summed E-state index contributed by atoms with van der Waals surface area (Å²) >= 11 is 5.78. The maximum Gasteiger partial charge on any atom is 0.258 e. The zero-order chi connectivity index (χ0) is 14.9. The normalized spacial score (nSPS) is 10.4. The lowest BCUT2D eigenvalue weighted by molar-refractivity contribution is 0.102. The lowest BCUT2D eigenvalue weighted by Gasteiger charge is -2.11. The van der Waals surface area contributed by atoms with Crippen molar-refractivity contribution in [2.45, 2.75) is 13.8 Å². The second kappa shape index (κ2) is 5.51. The zero-order valence-electron chi connectivity index (χ0n) is 11.1. The molecule has 0 spiro atoms. The van der Waals surface area contributed by atoms with Gasteiger partial charge in [-0.3, -0.25) is 4.79 Å². The van der Waals surface area contributed by atoms with Crippen molar-refractivity contribution in [3.63, 3.8) is 0 Å². The van der Waals surface area contributed by atoms with Gasteiger partial charge in [0, 0.05) is 16.4 Å². The molecule has 2 rings (SSSR count). The summed E-state index contributed by atoms with van der Waals surface area (Å²) in [4.78, 5) is 12.1. The number of carbonyl (C=O) groups is 1. The molecule has 0 unspecified atom stereocenters. The Balaban J connectivity index is 2.32. The molecular weight excluding hydrogens is 279 g/mol. The van der Waals surface area contributed by atoms with Gasteiger partial charge in [-0.15, -0.1) is 0 Å². The van der Waals surface area contributed by atoms with E-state index in [1.54, 1.807) is 12.1 Å². The van der Waals surface area contributed by atoms with Crippen LogP contribution in [0, 0.1) is 19.7 Å². The zero-order valence-corrected chi connectivity index (χ0v) is 11.9. The maximum absolute atomic E-state index is 13.6. The topological polar surface area (TPSA) is 55.1 Å². The van der Waals surface area contributed by atoms with Crippen molar-refractivity contribution in [1.82, 2.24) is 0 Å². The van der Waals surface area contributed by atoms with Crippen molar-refractivity contribution < 1.29 is 9.18 Å². The van der Waals surface area contributed by atoms with Crippen molar-refractivity contribution in [1.29, 1.82) is 0 Å². The van der Waals surface area contributed by atoms with E-state index in [2.05, 4.69) is 5.32 Å². The van der Waals surface area contributed by atoms with Crippen molar-refractivity contribution >= 4 is 28.9 Å². The summed E-state index contributed by atoms with van der Waals surface area (Å²) < 4.78 is 13.6. The number of hydrogen-bond donors (Lipinski definition) is 2. The highest BCUT2D eigenvalue weighted by Crippen LogP contribution is 2.23. The second-order valence-corrected chi connectivity index (χ2v) is 5.04. The van der Waals surface area contributed by atoms with Gasteiger partial charge in [-0.1, -0.05) is 11.6 Å². The summed E-state index contributed by atoms with van der Waals surface area (Å²) in [6.07, 6.45) is 0. The quantitative estimate of drug-likeness (QED) is 0.824. The van der Waals surface area contributed by atoms with E-state index in [1.165, 1.54) is 18.2 Å². The summed E-state index contributed by atoms with van der Waals surface area (Å²) in [5, 5.41) is 2.98. The molecule has 2 aromatic rings. The number of anilines is 2. The number of nitrogen functional groups attached to an aromatic ring is 1. The standard InChI is InChI=1S/C15H14ClFN2O/c1-8-6-14(9(2)5-13(8)18)19-15(20)11-7-10(16)3-4-12(11)17/h3-7H,18H2,1-2H3,(H,19,20). The van der Waals surface area contributed by atoms with Crippen LogP contribution in [0.2, 0.25) is 5.02 Å². The second-order valence-electron chi connectivity index (χ2n) is 4.60. The van der Waals surface area contributed by atoms with E-state index in [4.69, 9.17) is 17.3 Å². The number of amides is 1. The molecule has 1 amide bonds. The molecule has 3 N–H and O–H groups in total. The predicted molar refractivity (Wildman–Crippen MR) is 79.7 cm³/mol. The lowest BCUT2D eigenvalue weighted by Crippen LogP contribution is -2.15. The summed E-state index contributed by atoms with van der Waals surface area (Å²) in [5.41, 5.74) is 8.59. The van der Waals surface area contributed by atoms with Gasteiger partial charge < -0.3 is 11.1 Å². The smallest absolute Gasteiger partial charge is 0.258 e. The Labute approximate surface area is 121 Å². The molecule has 0 aliphatic carbocycles. The number of rotatable bonds is 2. The number of halogens is 2. The van der Waals surface area contributed by atoms with E-state index in [1.807, 2.05) is 13.8 Å². The van der Waals surface area contributed by atoms with Crippen molar-refractivity contribution in [3.8, 4) is 0 Å². The van der Waals surface area contributed by atoms with Crippen LogP contribution in [-0.4, -0.2) is 5.91 Å². The molecule has 3 nitrogen and oxygen atoms in total. The van der Waals surface area contributed by atoms with E-state index >= 15 is 0 Å². The van der Waals surface area contributed by atoms with Gasteiger partial charge in [-0.05, 0) is 55.3 Å². The van der Waals surface area contributed by atoms with E-state index < -0.39 is 11.7 Å². The fourth-order valence-electron chi connectivity index (χ4n) is 1.83. The van der Waals surface area contributed by atoms with Crippen LogP contribution in [0.3, 0.4) is 0 Å². The third-order valence-corrected chi connectivity index (χ3v) is 3.27. The molecule has 5 heteroatoms. The third kappa shape index (κ3) is 2.91. The molecule has 0 saturated heterocycles. The Kier molecular flexibility index (Phi) is 3.95. The van der Waals surface area contributed by atoms with Crippen LogP contribution < -0.4 is 11.1 Å². The highest BCUT2D eigenvalue weighted by Gasteiger charge is 2.14. The van der Waals surface area contributed by atoms with Gasteiger partial charge in [0.2, 0.25) is 0 Å². The maximum atomic E-state index is 13.6. The number of nitrogens with one attached hydrogen (secondary N) is 1. The number of benzene rings is 2. The minimum Gasteiger partial charge on any atom is -0.399 e. The van der Waals surface area contributed by atoms with Gasteiger partial charge in [-0.2, -0.15) is 0 Å². The minimum atomic E-state index is -0.614. The molecule has 104 valence electrons. The van der Waals surface area contributed by atoms with Gasteiger partial charge >= 0.3 is 0 Å². The summed E-state index contributed by atoms with van der Waals surface area (Å²) in [5.74, 6) is -1.16. The number of nitrogens with two attached hydrogens (primary N) is 1. The summed E-state index contributed by atoms with van der Waals surface area (Å²) in [6.45, 7) is 3.66. The van der Waals surface area contributed by atoms with E-state index in [-0.39, 0.29) is 5.56 Å². The van der Waals surface area contributed by atoms with Crippen molar-refractivity contribution in [3.05, 3.63) is 57.9 Å². The predicted octanol–water partition coefficient (Wildman–Crippen LogP) is 3.93. The first kappa shape index (κ1) is 14.3. The van der Waals surface area contributed by atoms with Crippen LogP contribution in [0.15, 0.2) is 30.3 Å². The highest BCUT2D eigenvalue weighted by atomic mass is 35.5. The summed E-state index contributed by atoms with van der Waals surface area (Å²) in [6, 6.07) is 7.38. The molecule has 0 atom stereocenters. The largest absolute Gasteiger partial charge is 0.399 e. The van der Waals surface area contributed by atoms with Gasteiger partial charge in [0.1, 0.15) is 5.82 Å². The first-order valence-corrected chi connectivity index (χ1v) is 6.39. The van der Waals surface area contributed by atoms with E-state index in [9.17, 15) is 9.18 Å². The average Bonchev–Trinajstić information content (AvgIpc) is 2.38.